The summed E-state index contributed by atoms with van der Waals surface area (Å²) in [5.74, 6) is 0.498. The van der Waals surface area contributed by atoms with Crippen LogP contribution in [0.2, 0.25) is 0 Å². The molecule has 0 fully saturated rings. The van der Waals surface area contributed by atoms with Gasteiger partial charge < -0.3 is 9.47 Å². The SMILES string of the molecule is CCCOc1ccc(C(=O)NC(=S)NNC(=O)COc2ccc(C)cc2C)cc1. The third kappa shape index (κ3) is 7.42. The van der Waals surface area contributed by atoms with Gasteiger partial charge in [-0.3, -0.25) is 25.8 Å². The third-order valence-electron chi connectivity index (χ3n) is 3.82. The minimum Gasteiger partial charge on any atom is -0.494 e. The van der Waals surface area contributed by atoms with Crippen LogP contribution in [0, 0.1) is 13.8 Å². The van der Waals surface area contributed by atoms with E-state index in [1.165, 1.54) is 0 Å². The molecule has 2 rings (SSSR count). The number of thiocarbonyl (C=S) groups is 1. The fraction of sp³-hybridized carbons (Fsp3) is 0.286. The zero-order chi connectivity index (χ0) is 21.2. The Kier molecular flexibility index (Phi) is 8.42. The van der Waals surface area contributed by atoms with Gasteiger partial charge in [0.05, 0.1) is 6.61 Å². The first-order valence-corrected chi connectivity index (χ1v) is 9.63. The Morgan fingerprint density at radius 3 is 2.38 bits per heavy atom. The lowest BCUT2D eigenvalue weighted by molar-refractivity contribution is -0.123. The van der Waals surface area contributed by atoms with Crippen molar-refractivity contribution < 1.29 is 19.1 Å². The molecular weight excluding hydrogens is 390 g/mol. The Bertz CT molecular complexity index is 869. The van der Waals surface area contributed by atoms with Crippen molar-refractivity contribution in [2.75, 3.05) is 13.2 Å². The van der Waals surface area contributed by atoms with Gasteiger partial charge in [-0.05, 0) is 68.4 Å². The van der Waals surface area contributed by atoms with Gasteiger partial charge in [0, 0.05) is 5.56 Å². The minimum absolute atomic E-state index is 0.0267. The fourth-order valence-corrected chi connectivity index (χ4v) is 2.54. The first-order chi connectivity index (χ1) is 13.9. The zero-order valence-corrected chi connectivity index (χ0v) is 17.5. The number of hydrogen-bond donors (Lipinski definition) is 3. The Hall–Kier alpha value is -3.13. The lowest BCUT2D eigenvalue weighted by Gasteiger charge is -2.12. The number of carbonyl (C=O) groups is 2. The van der Waals surface area contributed by atoms with Gasteiger partial charge in [0.1, 0.15) is 11.5 Å². The number of nitrogens with one attached hydrogen (secondary N) is 3. The van der Waals surface area contributed by atoms with Crippen LogP contribution in [0.3, 0.4) is 0 Å². The molecule has 2 aromatic carbocycles. The number of rotatable bonds is 7. The first kappa shape index (κ1) is 22.2. The highest BCUT2D eigenvalue weighted by atomic mass is 32.1. The molecular formula is C21H25N3O4S. The van der Waals surface area contributed by atoms with Crippen LogP contribution in [0.25, 0.3) is 0 Å². The molecule has 3 N–H and O–H groups in total. The fourth-order valence-electron chi connectivity index (χ4n) is 2.40. The molecule has 0 saturated carbocycles. The van der Waals surface area contributed by atoms with Crippen LogP contribution in [0.4, 0.5) is 0 Å². The summed E-state index contributed by atoms with van der Waals surface area (Å²) in [6.45, 7) is 6.34. The average Bonchev–Trinajstić information content (AvgIpc) is 2.70. The normalized spacial score (nSPS) is 10.0. The maximum atomic E-state index is 12.2. The molecule has 7 nitrogen and oxygen atoms in total. The minimum atomic E-state index is -0.431. The summed E-state index contributed by atoms with van der Waals surface area (Å²) < 4.78 is 11.0. The van der Waals surface area contributed by atoms with Crippen LogP contribution in [0.5, 0.6) is 11.5 Å². The lowest BCUT2D eigenvalue weighted by Crippen LogP contribution is -2.49. The summed E-state index contributed by atoms with van der Waals surface area (Å²) in [4.78, 5) is 24.1. The predicted octanol–water partition coefficient (Wildman–Crippen LogP) is 2.81. The van der Waals surface area contributed by atoms with E-state index < -0.39 is 11.8 Å². The maximum Gasteiger partial charge on any atom is 0.276 e. The van der Waals surface area contributed by atoms with Gasteiger partial charge in [0.2, 0.25) is 0 Å². The maximum absolute atomic E-state index is 12.2. The molecule has 8 heteroatoms. The number of carbonyl (C=O) groups excluding carboxylic acids is 2. The predicted molar refractivity (Wildman–Crippen MR) is 115 cm³/mol. The van der Waals surface area contributed by atoms with Gasteiger partial charge in [-0.25, -0.2) is 0 Å². The van der Waals surface area contributed by atoms with E-state index in [2.05, 4.69) is 16.2 Å². The van der Waals surface area contributed by atoms with Crippen molar-refractivity contribution in [1.29, 1.82) is 0 Å². The summed E-state index contributed by atoms with van der Waals surface area (Å²) >= 11 is 5.02. The van der Waals surface area contributed by atoms with Crippen LogP contribution in [0.1, 0.15) is 34.8 Å². The summed E-state index contributed by atoms with van der Waals surface area (Å²) in [6, 6.07) is 12.4. The molecule has 0 radical (unpaired) electrons. The lowest BCUT2D eigenvalue weighted by atomic mass is 10.1. The Labute approximate surface area is 175 Å². The highest BCUT2D eigenvalue weighted by Crippen LogP contribution is 2.18. The molecule has 0 bridgehead atoms. The number of hydrazine groups is 1. The Morgan fingerprint density at radius 1 is 1.00 bits per heavy atom. The molecule has 0 aliphatic rings. The zero-order valence-electron chi connectivity index (χ0n) is 16.7. The Morgan fingerprint density at radius 2 is 1.72 bits per heavy atom. The molecule has 154 valence electrons. The van der Waals surface area contributed by atoms with Crippen LogP contribution in [-0.4, -0.2) is 30.1 Å². The Balaban J connectivity index is 1.74. The van der Waals surface area contributed by atoms with Crippen molar-refractivity contribution >= 4 is 29.1 Å². The molecule has 29 heavy (non-hydrogen) atoms. The quantitative estimate of drug-likeness (QED) is 0.476. The van der Waals surface area contributed by atoms with E-state index in [0.717, 1.165) is 17.5 Å². The smallest absolute Gasteiger partial charge is 0.276 e. The van der Waals surface area contributed by atoms with Crippen LogP contribution in [-0.2, 0) is 4.79 Å². The number of amides is 2. The highest BCUT2D eigenvalue weighted by Gasteiger charge is 2.10. The van der Waals surface area contributed by atoms with E-state index in [4.69, 9.17) is 21.7 Å². The molecule has 0 atom stereocenters. The standard InChI is InChI=1S/C21H25N3O4S/c1-4-11-27-17-8-6-16(7-9-17)20(26)22-21(29)24-23-19(25)13-28-18-10-5-14(2)12-15(18)3/h5-10,12H,4,11,13H2,1-3H3,(H,23,25)(H2,22,24,26,29). The summed E-state index contributed by atoms with van der Waals surface area (Å²) in [7, 11) is 0. The molecule has 0 aliphatic carbocycles. The number of aryl methyl sites for hydroxylation is 2. The van der Waals surface area contributed by atoms with Crippen molar-refractivity contribution in [2.24, 2.45) is 0 Å². The van der Waals surface area contributed by atoms with E-state index in [1.54, 1.807) is 24.3 Å². The van der Waals surface area contributed by atoms with Gasteiger partial charge in [-0.1, -0.05) is 24.6 Å². The van der Waals surface area contributed by atoms with E-state index in [1.807, 2.05) is 39.0 Å². The van der Waals surface area contributed by atoms with Crippen molar-refractivity contribution in [3.63, 3.8) is 0 Å². The van der Waals surface area contributed by atoms with Crippen LogP contribution in [0.15, 0.2) is 42.5 Å². The van der Waals surface area contributed by atoms with Crippen molar-refractivity contribution in [3.05, 3.63) is 59.2 Å². The number of hydrogen-bond acceptors (Lipinski definition) is 5. The van der Waals surface area contributed by atoms with E-state index in [9.17, 15) is 9.59 Å². The van der Waals surface area contributed by atoms with E-state index in [0.29, 0.717) is 23.7 Å². The molecule has 2 amide bonds. The largest absolute Gasteiger partial charge is 0.494 e. The average molecular weight is 416 g/mol. The van der Waals surface area contributed by atoms with Crippen molar-refractivity contribution in [1.82, 2.24) is 16.2 Å². The number of ether oxygens (including phenoxy) is 2. The second-order valence-corrected chi connectivity index (χ2v) is 6.80. The van der Waals surface area contributed by atoms with Gasteiger partial charge in [0.25, 0.3) is 11.8 Å². The molecule has 0 unspecified atom stereocenters. The van der Waals surface area contributed by atoms with Gasteiger partial charge in [-0.2, -0.15) is 0 Å². The van der Waals surface area contributed by atoms with Crippen molar-refractivity contribution in [2.45, 2.75) is 27.2 Å². The molecule has 0 heterocycles. The van der Waals surface area contributed by atoms with Gasteiger partial charge >= 0.3 is 0 Å². The van der Waals surface area contributed by atoms with Crippen LogP contribution < -0.4 is 25.6 Å². The van der Waals surface area contributed by atoms with Crippen LogP contribution >= 0.6 is 12.2 Å². The highest BCUT2D eigenvalue weighted by molar-refractivity contribution is 7.80. The second kappa shape index (κ2) is 11.0. The summed E-state index contributed by atoms with van der Waals surface area (Å²) in [5, 5.41) is 2.46. The molecule has 0 spiro atoms. The number of benzene rings is 2. The molecule has 0 aliphatic heterocycles. The molecule has 0 aromatic heterocycles. The first-order valence-electron chi connectivity index (χ1n) is 9.22. The van der Waals surface area contributed by atoms with Gasteiger partial charge in [-0.15, -0.1) is 0 Å². The third-order valence-corrected chi connectivity index (χ3v) is 4.03. The second-order valence-electron chi connectivity index (χ2n) is 6.39. The summed E-state index contributed by atoms with van der Waals surface area (Å²) in [6.07, 6.45) is 0.906. The topological polar surface area (TPSA) is 88.7 Å². The molecule has 2 aromatic rings. The summed E-state index contributed by atoms with van der Waals surface area (Å²) in [5.41, 5.74) is 7.34. The monoisotopic (exact) mass is 415 g/mol. The van der Waals surface area contributed by atoms with Crippen molar-refractivity contribution in [3.8, 4) is 11.5 Å². The van der Waals surface area contributed by atoms with E-state index in [-0.39, 0.29) is 11.7 Å². The van der Waals surface area contributed by atoms with Gasteiger partial charge in [0.15, 0.2) is 11.7 Å². The van der Waals surface area contributed by atoms with E-state index >= 15 is 0 Å². The molecule has 0 saturated heterocycles.